The van der Waals surface area contributed by atoms with Crippen LogP contribution in [-0.4, -0.2) is 48.9 Å². The van der Waals surface area contributed by atoms with Gasteiger partial charge in [0.15, 0.2) is 4.90 Å². The maximum absolute atomic E-state index is 13.9. The summed E-state index contributed by atoms with van der Waals surface area (Å²) in [6.45, 7) is 2.96. The summed E-state index contributed by atoms with van der Waals surface area (Å²) < 4.78 is 54.4. The molecular formula is C17H16F2N4O2S2. The first-order valence-electron chi connectivity index (χ1n) is 8.28. The molecule has 27 heavy (non-hydrogen) atoms. The number of sulfonamides is 1. The molecule has 0 aliphatic carbocycles. The first-order valence-corrected chi connectivity index (χ1v) is 10.5. The summed E-state index contributed by atoms with van der Waals surface area (Å²) in [5, 5.41) is 0.927. The smallest absolute Gasteiger partial charge is 0.249 e. The molecule has 10 heteroatoms. The van der Waals surface area contributed by atoms with Crippen LogP contribution >= 0.6 is 11.3 Å². The molecule has 0 spiro atoms. The predicted molar refractivity (Wildman–Crippen MR) is 99.5 cm³/mol. The van der Waals surface area contributed by atoms with E-state index in [0.29, 0.717) is 13.1 Å². The van der Waals surface area contributed by atoms with Crippen LogP contribution in [0.3, 0.4) is 0 Å². The van der Waals surface area contributed by atoms with Crippen LogP contribution in [0.5, 0.6) is 0 Å². The summed E-state index contributed by atoms with van der Waals surface area (Å²) in [4.78, 5) is 11.7. The third kappa shape index (κ3) is 3.17. The lowest BCUT2D eigenvalue weighted by molar-refractivity contribution is 0.378. The molecule has 0 unspecified atom stereocenters. The summed E-state index contributed by atoms with van der Waals surface area (Å²) in [5.74, 6) is -1.41. The van der Waals surface area contributed by atoms with E-state index in [1.807, 2.05) is 17.9 Å². The maximum atomic E-state index is 13.9. The summed E-state index contributed by atoms with van der Waals surface area (Å²) in [6, 6.07) is 5.05. The molecule has 4 rings (SSSR count). The molecule has 1 aromatic carbocycles. The van der Waals surface area contributed by atoms with Gasteiger partial charge in [-0.3, -0.25) is 0 Å². The van der Waals surface area contributed by atoms with Crippen LogP contribution in [0.1, 0.15) is 4.88 Å². The van der Waals surface area contributed by atoms with E-state index in [9.17, 15) is 17.2 Å². The Morgan fingerprint density at radius 3 is 2.41 bits per heavy atom. The van der Waals surface area contributed by atoms with Gasteiger partial charge in [0.2, 0.25) is 10.0 Å². The largest absolute Gasteiger partial charge is 0.353 e. The van der Waals surface area contributed by atoms with Gasteiger partial charge in [0.25, 0.3) is 0 Å². The van der Waals surface area contributed by atoms with Gasteiger partial charge in [-0.2, -0.15) is 4.31 Å². The zero-order valence-corrected chi connectivity index (χ0v) is 16.0. The molecule has 0 N–H and O–H groups in total. The summed E-state index contributed by atoms with van der Waals surface area (Å²) in [5.41, 5.74) is 0. The minimum Gasteiger partial charge on any atom is -0.353 e. The molecule has 0 bridgehead atoms. The standard InChI is InChI=1S/C17H16F2N4O2S2/c1-11-9-12-16(20-10-21-17(12)26-11)22-5-7-23(8-6-22)27(24,25)15-13(18)3-2-4-14(15)19/h2-4,9-10H,5-8H2,1H3. The number of hydrogen-bond donors (Lipinski definition) is 0. The summed E-state index contributed by atoms with van der Waals surface area (Å²) >= 11 is 1.57. The van der Waals surface area contributed by atoms with Crippen molar-refractivity contribution in [2.24, 2.45) is 0 Å². The lowest BCUT2D eigenvalue weighted by Crippen LogP contribution is -2.49. The van der Waals surface area contributed by atoms with Crippen molar-refractivity contribution in [3.63, 3.8) is 0 Å². The SMILES string of the molecule is Cc1cc2c(N3CCN(S(=O)(=O)c4c(F)cccc4F)CC3)ncnc2s1. The second-order valence-electron chi connectivity index (χ2n) is 6.22. The highest BCUT2D eigenvalue weighted by molar-refractivity contribution is 7.89. The molecule has 6 nitrogen and oxygen atoms in total. The Balaban J connectivity index is 1.58. The number of piperazine rings is 1. The Labute approximate surface area is 159 Å². The van der Waals surface area contributed by atoms with E-state index < -0.39 is 26.6 Å². The highest BCUT2D eigenvalue weighted by atomic mass is 32.2. The van der Waals surface area contributed by atoms with E-state index in [0.717, 1.165) is 43.4 Å². The van der Waals surface area contributed by atoms with Crippen molar-refractivity contribution >= 4 is 37.4 Å². The number of halogens is 2. The van der Waals surface area contributed by atoms with Crippen LogP contribution in [0.25, 0.3) is 10.2 Å². The number of benzene rings is 1. The molecule has 2 aromatic heterocycles. The summed E-state index contributed by atoms with van der Waals surface area (Å²) in [7, 11) is -4.24. The Kier molecular flexibility index (Phi) is 4.57. The first-order chi connectivity index (χ1) is 12.9. The summed E-state index contributed by atoms with van der Waals surface area (Å²) in [6.07, 6.45) is 1.49. The van der Waals surface area contributed by atoms with Gasteiger partial charge < -0.3 is 4.90 Å². The number of aryl methyl sites for hydroxylation is 1. The van der Waals surface area contributed by atoms with Gasteiger partial charge in [-0.05, 0) is 25.1 Å². The van der Waals surface area contributed by atoms with Crippen LogP contribution in [0.15, 0.2) is 35.5 Å². The fourth-order valence-corrected chi connectivity index (χ4v) is 5.59. The second-order valence-corrected chi connectivity index (χ2v) is 9.32. The molecule has 1 fully saturated rings. The van der Waals surface area contributed by atoms with E-state index in [1.165, 1.54) is 6.33 Å². The van der Waals surface area contributed by atoms with Crippen molar-refractivity contribution in [2.45, 2.75) is 11.8 Å². The molecule has 1 aliphatic heterocycles. The van der Waals surface area contributed by atoms with Gasteiger partial charge in [0.1, 0.15) is 28.6 Å². The predicted octanol–water partition coefficient (Wildman–Crippen LogP) is 2.79. The lowest BCUT2D eigenvalue weighted by Gasteiger charge is -2.34. The molecule has 0 atom stereocenters. The fourth-order valence-electron chi connectivity index (χ4n) is 3.21. The van der Waals surface area contributed by atoms with Crippen LogP contribution in [0, 0.1) is 18.6 Å². The maximum Gasteiger partial charge on any atom is 0.249 e. The number of nitrogens with zero attached hydrogens (tertiary/aromatic N) is 4. The van der Waals surface area contributed by atoms with Gasteiger partial charge >= 0.3 is 0 Å². The van der Waals surface area contributed by atoms with E-state index in [2.05, 4.69) is 9.97 Å². The topological polar surface area (TPSA) is 66.4 Å². The zero-order chi connectivity index (χ0) is 19.2. The van der Waals surface area contributed by atoms with E-state index in [1.54, 1.807) is 11.3 Å². The normalized spacial score (nSPS) is 16.2. The average molecular weight is 410 g/mol. The number of thiophene rings is 1. The minimum absolute atomic E-state index is 0.116. The molecule has 0 radical (unpaired) electrons. The monoisotopic (exact) mass is 410 g/mol. The number of fused-ring (bicyclic) bond motifs is 1. The van der Waals surface area contributed by atoms with Crippen molar-refractivity contribution in [3.05, 3.63) is 47.1 Å². The Hall–Kier alpha value is -2.17. The van der Waals surface area contributed by atoms with Gasteiger partial charge in [-0.25, -0.2) is 27.2 Å². The zero-order valence-electron chi connectivity index (χ0n) is 14.4. The molecule has 0 saturated carbocycles. The Bertz CT molecular complexity index is 1090. The van der Waals surface area contributed by atoms with Crippen molar-refractivity contribution in [1.82, 2.24) is 14.3 Å². The number of aromatic nitrogens is 2. The quantitative estimate of drug-likeness (QED) is 0.664. The molecule has 142 valence electrons. The van der Waals surface area contributed by atoms with E-state index >= 15 is 0 Å². The Morgan fingerprint density at radius 1 is 1.07 bits per heavy atom. The van der Waals surface area contributed by atoms with Crippen LogP contribution in [-0.2, 0) is 10.0 Å². The first kappa shape index (κ1) is 18.2. The van der Waals surface area contributed by atoms with Gasteiger partial charge in [0.05, 0.1) is 5.39 Å². The fraction of sp³-hybridized carbons (Fsp3) is 0.294. The van der Waals surface area contributed by atoms with Gasteiger partial charge in [-0.15, -0.1) is 11.3 Å². The Morgan fingerprint density at radius 2 is 1.74 bits per heavy atom. The molecular weight excluding hydrogens is 394 g/mol. The van der Waals surface area contributed by atoms with Crippen LogP contribution in [0.2, 0.25) is 0 Å². The highest BCUT2D eigenvalue weighted by Crippen LogP contribution is 2.31. The number of rotatable bonds is 3. The van der Waals surface area contributed by atoms with Crippen molar-refractivity contribution in [2.75, 3.05) is 31.1 Å². The van der Waals surface area contributed by atoms with Gasteiger partial charge in [-0.1, -0.05) is 6.07 Å². The molecule has 3 aromatic rings. The van der Waals surface area contributed by atoms with Crippen molar-refractivity contribution in [1.29, 1.82) is 0 Å². The average Bonchev–Trinajstić information content (AvgIpc) is 3.01. The molecule has 3 heterocycles. The third-order valence-electron chi connectivity index (χ3n) is 4.49. The van der Waals surface area contributed by atoms with E-state index in [4.69, 9.17) is 0 Å². The van der Waals surface area contributed by atoms with Crippen LogP contribution < -0.4 is 4.90 Å². The molecule has 0 amide bonds. The minimum atomic E-state index is -4.24. The third-order valence-corrected chi connectivity index (χ3v) is 7.40. The number of hydrogen-bond acceptors (Lipinski definition) is 6. The van der Waals surface area contributed by atoms with E-state index in [-0.39, 0.29) is 13.1 Å². The number of anilines is 1. The molecule has 1 saturated heterocycles. The van der Waals surface area contributed by atoms with Crippen molar-refractivity contribution in [3.8, 4) is 0 Å². The molecule has 1 aliphatic rings. The highest BCUT2D eigenvalue weighted by Gasteiger charge is 2.33. The van der Waals surface area contributed by atoms with Crippen LogP contribution in [0.4, 0.5) is 14.6 Å². The van der Waals surface area contributed by atoms with Crippen molar-refractivity contribution < 1.29 is 17.2 Å². The lowest BCUT2D eigenvalue weighted by atomic mass is 10.3. The second kappa shape index (κ2) is 6.77. The van der Waals surface area contributed by atoms with Gasteiger partial charge in [0, 0.05) is 31.1 Å².